The van der Waals surface area contributed by atoms with E-state index in [9.17, 15) is 0 Å². The summed E-state index contributed by atoms with van der Waals surface area (Å²) in [7, 11) is 17.7. The van der Waals surface area contributed by atoms with Crippen LogP contribution in [0.5, 0.6) is 0 Å². The van der Waals surface area contributed by atoms with Crippen molar-refractivity contribution in [1.82, 2.24) is 0 Å². The Balaban J connectivity index is -0.00000200. The molecule has 103 valence electrons. The van der Waals surface area contributed by atoms with Crippen molar-refractivity contribution >= 4 is 92.9 Å². The zero-order valence-corrected chi connectivity index (χ0v) is 22.3. The molecule has 0 amide bonds. The largest absolute Gasteiger partial charge is 1.00 e. The third-order valence-corrected chi connectivity index (χ3v) is 8.77. The Bertz CT molecular complexity index is 363. The Morgan fingerprint density at radius 3 is 1.70 bits per heavy atom. The standard InChI is InChI=1S/C8H28B12S.2Na/c1-2-3-4-5-6-7-8-21(16-18(10)11,17-19(12)13)20(14)15-9;;/h15H,2-8,10-14H2,1H3;;/q-1;2*+1/i9-1,10-1,11-1,12-1,13-1,14-1,15-1,16-1,17-1,18-1,19-1,20-1;;. The van der Waals surface area contributed by atoms with Crippen molar-refractivity contribution in [2.24, 2.45) is 0 Å². The van der Waals surface area contributed by atoms with E-state index in [4.69, 9.17) is 7.74 Å². The average molecular weight is 323 g/mol. The van der Waals surface area contributed by atoms with Gasteiger partial charge >= 0.3 is 203 Å². The molecule has 0 aliphatic heterocycles. The quantitative estimate of drug-likeness (QED) is 0.262. The molecule has 3 radical (unpaired) electrons. The van der Waals surface area contributed by atoms with Crippen LogP contribution in [0.2, 0.25) is 0 Å². The second kappa shape index (κ2) is 18.5. The second-order valence-corrected chi connectivity index (χ2v) is 10.8. The number of rotatable bonds is 11. The SMILES string of the molecule is [10B-][10BH][10B]([10BH2])S(=[10B][10B]([10BH2])[10BH2])(=[10B][10B]([10BH2])[10BH2])CCCCCCCC.[Na+].[Na+]. The van der Waals surface area contributed by atoms with E-state index >= 15 is 0 Å². The minimum Gasteiger partial charge on any atom is 1.00 e. The van der Waals surface area contributed by atoms with Gasteiger partial charge in [-0.3, -0.25) is 0 Å². The van der Waals surface area contributed by atoms with Gasteiger partial charge in [-0.15, -0.1) is 0 Å². The van der Waals surface area contributed by atoms with E-state index in [2.05, 4.69) is 57.7 Å². The fourth-order valence-corrected chi connectivity index (χ4v) is 7.37. The summed E-state index contributed by atoms with van der Waals surface area (Å²) in [5.74, 6) is 1.98. The molecule has 15 heteroatoms. The normalized spacial score (nSPS) is 9.48. The van der Waals surface area contributed by atoms with E-state index in [-0.39, 0.29) is 59.1 Å². The Morgan fingerprint density at radius 2 is 1.30 bits per heavy atom. The molecule has 0 rings (SSSR count). The molecule has 0 N–H and O–H groups in total. The van der Waals surface area contributed by atoms with Crippen LogP contribution in [0.25, 0.3) is 0 Å². The van der Waals surface area contributed by atoms with Gasteiger partial charge in [0, 0.05) is 0 Å². The zero-order valence-electron chi connectivity index (χ0n) is 17.5. The van der Waals surface area contributed by atoms with Crippen molar-refractivity contribution in [3.63, 3.8) is 0 Å². The topological polar surface area (TPSA) is 0 Å². The van der Waals surface area contributed by atoms with Gasteiger partial charge < -0.3 is 0 Å². The fourth-order valence-electron chi connectivity index (χ4n) is 2.98. The van der Waals surface area contributed by atoms with Gasteiger partial charge in [0.2, 0.25) is 0 Å². The first kappa shape index (κ1) is 30.8. The maximum atomic E-state index is 6.06. The van der Waals surface area contributed by atoms with Crippen LogP contribution >= 0.6 is 8.73 Å². The maximum Gasteiger partial charge on any atom is 1.00 e. The molecule has 0 aliphatic carbocycles. The molecule has 0 aliphatic rings. The van der Waals surface area contributed by atoms with Crippen LogP contribution < -0.4 is 59.1 Å². The van der Waals surface area contributed by atoms with Crippen molar-refractivity contribution in [2.45, 2.75) is 45.4 Å². The van der Waals surface area contributed by atoms with E-state index < -0.39 is 8.73 Å². The summed E-state index contributed by atoms with van der Waals surface area (Å²) in [6, 6.07) is 5.30. The summed E-state index contributed by atoms with van der Waals surface area (Å²) in [5.41, 5.74) is 0. The molecule has 0 aromatic rings. The Hall–Kier alpha value is 3.13. The third kappa shape index (κ3) is 14.8. The second-order valence-electron chi connectivity index (χ2n) is 7.19. The van der Waals surface area contributed by atoms with E-state index in [0.29, 0.717) is 18.5 Å². The van der Waals surface area contributed by atoms with Crippen LogP contribution in [-0.4, -0.2) is 89.9 Å². The van der Waals surface area contributed by atoms with E-state index in [1.165, 1.54) is 44.3 Å². The summed E-state index contributed by atoms with van der Waals surface area (Å²) in [5, 5.41) is 0. The van der Waals surface area contributed by atoms with Gasteiger partial charge in [-0.05, 0) is 0 Å². The molecule has 23 heavy (non-hydrogen) atoms. The number of hydrogen-bond donors (Lipinski definition) is 0. The monoisotopic (exact) mass is 322 g/mol. The van der Waals surface area contributed by atoms with Crippen LogP contribution in [0.3, 0.4) is 0 Å². The molecule has 0 heterocycles. The molecule has 0 spiro atoms. The van der Waals surface area contributed by atoms with Gasteiger partial charge in [-0.2, -0.15) is 0 Å². The summed E-state index contributed by atoms with van der Waals surface area (Å²) in [6.07, 6.45) is 9.62. The molecule has 0 saturated carbocycles. The summed E-state index contributed by atoms with van der Waals surface area (Å²) < 4.78 is 0. The predicted molar refractivity (Wildman–Crippen MR) is 130 cm³/mol. The molecule has 0 unspecified atom stereocenters. The first-order chi connectivity index (χ1) is 9.88. The van der Waals surface area contributed by atoms with Crippen molar-refractivity contribution in [1.29, 1.82) is 0 Å². The van der Waals surface area contributed by atoms with Crippen molar-refractivity contribution in [3.05, 3.63) is 0 Å². The van der Waals surface area contributed by atoms with Gasteiger partial charge in [-0.25, -0.2) is 0 Å². The molecule has 0 atom stereocenters. The summed E-state index contributed by atoms with van der Waals surface area (Å²) in [6.45, 7) is 2.29. The minimum absolute atomic E-state index is 0. The van der Waals surface area contributed by atoms with Gasteiger partial charge in [-0.1, -0.05) is 0 Å². The molecular formula is C8H28B12Na2S+. The van der Waals surface area contributed by atoms with E-state index in [1.54, 1.807) is 0 Å². The van der Waals surface area contributed by atoms with Crippen molar-refractivity contribution in [3.8, 4) is 0 Å². The van der Waals surface area contributed by atoms with Gasteiger partial charge in [0.05, 0.1) is 0 Å². The number of hydrogen-bond acceptors (Lipinski definition) is 0. The van der Waals surface area contributed by atoms with Crippen LogP contribution in [0.4, 0.5) is 0 Å². The summed E-state index contributed by atoms with van der Waals surface area (Å²) >= 11 is 0. The molecular weight excluding hydrogens is 294 g/mol. The first-order valence-corrected chi connectivity index (χ1v) is 11.1. The summed E-state index contributed by atoms with van der Waals surface area (Å²) in [4.78, 5) is 0. The molecule has 0 aromatic heterocycles. The molecule has 0 aromatic carbocycles. The molecule has 0 nitrogen and oxygen atoms in total. The van der Waals surface area contributed by atoms with Crippen molar-refractivity contribution in [2.75, 3.05) is 5.75 Å². The van der Waals surface area contributed by atoms with Crippen LogP contribution in [-0.2, 0) is 0 Å². The van der Waals surface area contributed by atoms with Crippen molar-refractivity contribution < 1.29 is 59.1 Å². The van der Waals surface area contributed by atoms with Crippen LogP contribution in [0.1, 0.15) is 45.4 Å². The predicted octanol–water partition coefficient (Wildman–Crippen LogP) is -9.96. The third-order valence-electron chi connectivity index (χ3n) is 3.98. The van der Waals surface area contributed by atoms with Gasteiger partial charge in [0.25, 0.3) is 0 Å². The van der Waals surface area contributed by atoms with Crippen LogP contribution in [0, 0.1) is 0 Å². The smallest absolute Gasteiger partial charge is 1.00 e. The molecule has 0 fully saturated rings. The zero-order chi connectivity index (χ0) is 16.3. The average Bonchev–Trinajstić information content (AvgIpc) is 2.40. The van der Waals surface area contributed by atoms with E-state index in [1.807, 2.05) is 0 Å². The Labute approximate surface area is 200 Å². The molecule has 0 bridgehead atoms. The Kier molecular flexibility index (Phi) is 24.8. The number of unbranched alkanes of at least 4 members (excludes halogenated alkanes) is 5. The maximum absolute atomic E-state index is 6.06. The van der Waals surface area contributed by atoms with E-state index in [0.717, 1.165) is 7.06 Å². The van der Waals surface area contributed by atoms with Gasteiger partial charge in [0.15, 0.2) is 0 Å². The van der Waals surface area contributed by atoms with Crippen LogP contribution in [0.15, 0.2) is 0 Å². The Morgan fingerprint density at radius 1 is 0.870 bits per heavy atom. The first-order valence-electron chi connectivity index (χ1n) is 9.07. The molecule has 0 saturated heterocycles. The fraction of sp³-hybridized carbons (Fsp3) is 1.00. The minimum atomic E-state index is -0.792. The van der Waals surface area contributed by atoms with Gasteiger partial charge in [0.1, 0.15) is 0 Å².